The molecule has 1 saturated heterocycles. The van der Waals surface area contributed by atoms with E-state index in [4.69, 9.17) is 0 Å². The maximum Gasteiger partial charge on any atom is 0.315 e. The van der Waals surface area contributed by atoms with Gasteiger partial charge in [-0.15, -0.1) is 0 Å². The number of rotatable bonds is 4. The van der Waals surface area contributed by atoms with Gasteiger partial charge < -0.3 is 15.5 Å². The normalized spacial score (nSPS) is 19.2. The van der Waals surface area contributed by atoms with Crippen LogP contribution in [0.1, 0.15) is 37.8 Å². The van der Waals surface area contributed by atoms with E-state index in [0.717, 1.165) is 17.7 Å². The van der Waals surface area contributed by atoms with Gasteiger partial charge in [0.1, 0.15) is 6.04 Å². The van der Waals surface area contributed by atoms with Crippen LogP contribution in [0.2, 0.25) is 0 Å². The molecule has 3 amide bonds. The first-order valence-electron chi connectivity index (χ1n) is 7.88. The molecule has 1 heterocycles. The van der Waals surface area contributed by atoms with Crippen molar-refractivity contribution in [3.8, 4) is 0 Å². The van der Waals surface area contributed by atoms with Gasteiger partial charge in [0.25, 0.3) is 0 Å². The molecule has 120 valence electrons. The third kappa shape index (κ3) is 3.59. The topological polar surface area (TPSA) is 61.4 Å². The lowest BCUT2D eigenvalue weighted by Crippen LogP contribution is -2.48. The van der Waals surface area contributed by atoms with Gasteiger partial charge in [-0.2, -0.15) is 0 Å². The van der Waals surface area contributed by atoms with Crippen molar-refractivity contribution in [3.63, 3.8) is 0 Å². The molecule has 0 spiro atoms. The fourth-order valence-electron chi connectivity index (χ4n) is 2.49. The number of anilines is 1. The average Bonchev–Trinajstić information content (AvgIpc) is 2.83. The van der Waals surface area contributed by atoms with E-state index in [0.29, 0.717) is 13.0 Å². The molecule has 0 aliphatic carbocycles. The van der Waals surface area contributed by atoms with E-state index in [1.165, 1.54) is 5.56 Å². The summed E-state index contributed by atoms with van der Waals surface area (Å²) >= 11 is 0. The Balaban J connectivity index is 2.00. The zero-order valence-electron chi connectivity index (χ0n) is 13.8. The van der Waals surface area contributed by atoms with Crippen molar-refractivity contribution in [1.29, 1.82) is 0 Å². The zero-order valence-corrected chi connectivity index (χ0v) is 13.8. The van der Waals surface area contributed by atoms with Crippen LogP contribution < -0.4 is 15.5 Å². The monoisotopic (exact) mass is 303 g/mol. The van der Waals surface area contributed by atoms with Crippen LogP contribution in [0.5, 0.6) is 0 Å². The van der Waals surface area contributed by atoms with Crippen molar-refractivity contribution in [2.45, 2.75) is 52.6 Å². The third-order valence-electron chi connectivity index (χ3n) is 4.30. The minimum Gasteiger partial charge on any atom is -0.336 e. The lowest BCUT2D eigenvalue weighted by atomic mass is 10.1. The summed E-state index contributed by atoms with van der Waals surface area (Å²) in [5.41, 5.74) is 3.27. The van der Waals surface area contributed by atoms with E-state index in [1.54, 1.807) is 4.90 Å². The number of carbonyl (C=O) groups is 2. The van der Waals surface area contributed by atoms with E-state index in [-0.39, 0.29) is 18.0 Å². The molecule has 5 nitrogen and oxygen atoms in total. The number of benzene rings is 1. The summed E-state index contributed by atoms with van der Waals surface area (Å²) in [5, 5.41) is 5.61. The largest absolute Gasteiger partial charge is 0.336 e. The van der Waals surface area contributed by atoms with Crippen LogP contribution in [0.15, 0.2) is 18.2 Å². The Bertz CT molecular complexity index is 571. The predicted molar refractivity (Wildman–Crippen MR) is 88.1 cm³/mol. The van der Waals surface area contributed by atoms with Crippen LogP contribution in [0.25, 0.3) is 0 Å². The molecule has 0 bridgehead atoms. The Morgan fingerprint density at radius 2 is 2.09 bits per heavy atom. The standard InChI is InChI=1S/C17H25N3O2/c1-5-13(4)18-17(22)19-15-8-9-20(16(15)21)14-7-6-11(2)12(3)10-14/h6-7,10,13,15H,5,8-9H2,1-4H3,(H2,18,19,22)/t13-,15-/m0/s1. The van der Waals surface area contributed by atoms with Crippen LogP contribution in [-0.2, 0) is 4.79 Å². The van der Waals surface area contributed by atoms with Crippen molar-refractivity contribution in [2.75, 3.05) is 11.4 Å². The summed E-state index contributed by atoms with van der Waals surface area (Å²) in [6, 6.07) is 5.40. The summed E-state index contributed by atoms with van der Waals surface area (Å²) in [4.78, 5) is 26.1. The molecule has 0 aromatic heterocycles. The highest BCUT2D eigenvalue weighted by Crippen LogP contribution is 2.24. The third-order valence-corrected chi connectivity index (χ3v) is 4.30. The van der Waals surface area contributed by atoms with Gasteiger partial charge in [0.2, 0.25) is 5.91 Å². The molecule has 0 saturated carbocycles. The van der Waals surface area contributed by atoms with Gasteiger partial charge in [0, 0.05) is 18.3 Å². The van der Waals surface area contributed by atoms with Crippen molar-refractivity contribution in [1.82, 2.24) is 10.6 Å². The molecule has 22 heavy (non-hydrogen) atoms. The molecule has 0 unspecified atom stereocenters. The van der Waals surface area contributed by atoms with Crippen LogP contribution in [0, 0.1) is 13.8 Å². The first kappa shape index (κ1) is 16.3. The second-order valence-corrected chi connectivity index (χ2v) is 6.03. The second-order valence-electron chi connectivity index (χ2n) is 6.03. The van der Waals surface area contributed by atoms with Crippen LogP contribution in [0.4, 0.5) is 10.5 Å². The molecule has 1 aromatic rings. The Morgan fingerprint density at radius 1 is 1.36 bits per heavy atom. The van der Waals surface area contributed by atoms with Gasteiger partial charge in [-0.25, -0.2) is 4.79 Å². The molecule has 2 N–H and O–H groups in total. The van der Waals surface area contributed by atoms with E-state index in [2.05, 4.69) is 17.6 Å². The van der Waals surface area contributed by atoms with E-state index in [9.17, 15) is 9.59 Å². The lowest BCUT2D eigenvalue weighted by molar-refractivity contribution is -0.118. The Kier molecular flexibility index (Phi) is 5.06. The minimum absolute atomic E-state index is 0.0393. The molecule has 1 aliphatic heterocycles. The van der Waals surface area contributed by atoms with E-state index >= 15 is 0 Å². The average molecular weight is 303 g/mol. The molecule has 2 atom stereocenters. The second kappa shape index (κ2) is 6.81. The molecule has 5 heteroatoms. The number of urea groups is 1. The van der Waals surface area contributed by atoms with Gasteiger partial charge in [0.15, 0.2) is 0 Å². The van der Waals surface area contributed by atoms with Crippen LogP contribution >= 0.6 is 0 Å². The van der Waals surface area contributed by atoms with Gasteiger partial charge in [-0.05, 0) is 56.9 Å². The molecular formula is C17H25N3O2. The van der Waals surface area contributed by atoms with Crippen molar-refractivity contribution in [2.24, 2.45) is 0 Å². The summed E-state index contributed by atoms with van der Waals surface area (Å²) in [5.74, 6) is -0.0393. The quantitative estimate of drug-likeness (QED) is 0.898. The highest BCUT2D eigenvalue weighted by atomic mass is 16.2. The smallest absolute Gasteiger partial charge is 0.315 e. The fourth-order valence-corrected chi connectivity index (χ4v) is 2.49. The molecular weight excluding hydrogens is 278 g/mol. The lowest BCUT2D eigenvalue weighted by Gasteiger charge is -2.19. The van der Waals surface area contributed by atoms with Gasteiger partial charge in [-0.1, -0.05) is 13.0 Å². The van der Waals surface area contributed by atoms with Crippen molar-refractivity contribution < 1.29 is 9.59 Å². The number of aryl methyl sites for hydroxylation is 2. The van der Waals surface area contributed by atoms with E-state index < -0.39 is 6.04 Å². The Labute approximate surface area is 132 Å². The highest BCUT2D eigenvalue weighted by Gasteiger charge is 2.33. The molecule has 2 rings (SSSR count). The summed E-state index contributed by atoms with van der Waals surface area (Å²) in [6.45, 7) is 8.67. The Morgan fingerprint density at radius 3 is 2.73 bits per heavy atom. The van der Waals surface area contributed by atoms with Crippen LogP contribution in [0.3, 0.4) is 0 Å². The summed E-state index contributed by atoms with van der Waals surface area (Å²) in [6.07, 6.45) is 1.50. The maximum absolute atomic E-state index is 12.5. The SMILES string of the molecule is CC[C@H](C)NC(=O)N[C@H]1CCN(c2ccc(C)c(C)c2)C1=O. The zero-order chi connectivity index (χ0) is 16.3. The van der Waals surface area contributed by atoms with E-state index in [1.807, 2.05) is 39.0 Å². The predicted octanol–water partition coefficient (Wildman–Crippen LogP) is 2.51. The first-order valence-corrected chi connectivity index (χ1v) is 7.88. The Hall–Kier alpha value is -2.04. The van der Waals surface area contributed by atoms with Crippen LogP contribution in [-0.4, -0.2) is 30.6 Å². The van der Waals surface area contributed by atoms with Crippen molar-refractivity contribution >= 4 is 17.6 Å². The number of amides is 3. The summed E-state index contributed by atoms with van der Waals surface area (Å²) in [7, 11) is 0. The fraction of sp³-hybridized carbons (Fsp3) is 0.529. The molecule has 1 fully saturated rings. The number of hydrogen-bond donors (Lipinski definition) is 2. The number of nitrogens with one attached hydrogen (secondary N) is 2. The highest BCUT2D eigenvalue weighted by molar-refractivity contribution is 6.01. The molecule has 0 radical (unpaired) electrons. The first-order chi connectivity index (χ1) is 10.4. The van der Waals surface area contributed by atoms with Gasteiger partial charge >= 0.3 is 6.03 Å². The van der Waals surface area contributed by atoms with Gasteiger partial charge in [0.05, 0.1) is 0 Å². The molecule has 1 aromatic carbocycles. The summed E-state index contributed by atoms with van der Waals surface area (Å²) < 4.78 is 0. The van der Waals surface area contributed by atoms with Crippen molar-refractivity contribution in [3.05, 3.63) is 29.3 Å². The minimum atomic E-state index is -0.439. The molecule has 1 aliphatic rings. The number of hydrogen-bond acceptors (Lipinski definition) is 2. The number of nitrogens with zero attached hydrogens (tertiary/aromatic N) is 1. The maximum atomic E-state index is 12.5. The number of carbonyl (C=O) groups excluding carboxylic acids is 2. The van der Waals surface area contributed by atoms with Gasteiger partial charge in [-0.3, -0.25) is 4.79 Å².